The maximum atomic E-state index is 12.9. The average Bonchev–Trinajstić information content (AvgIpc) is 2.74. The number of nitrogens with zero attached hydrogens (tertiary/aromatic N) is 3. The van der Waals surface area contributed by atoms with Crippen molar-refractivity contribution in [1.82, 2.24) is 14.5 Å². The zero-order valence-electron chi connectivity index (χ0n) is 17.1. The number of hydrogen-bond donors (Lipinski definition) is 0. The zero-order chi connectivity index (χ0) is 21.0. The third kappa shape index (κ3) is 4.39. The topological polar surface area (TPSA) is 73.7 Å². The molecule has 1 amide bonds. The number of hydrogen-bond acceptors (Lipinski definition) is 5. The molecule has 0 spiro atoms. The highest BCUT2D eigenvalue weighted by molar-refractivity contribution is 5.79. The molecule has 3 rings (SSSR count). The fourth-order valence-electron chi connectivity index (χ4n) is 3.21. The van der Waals surface area contributed by atoms with Crippen molar-refractivity contribution in [2.45, 2.75) is 26.9 Å². The molecule has 0 radical (unpaired) electrons. The molecule has 0 aliphatic rings. The van der Waals surface area contributed by atoms with Crippen molar-refractivity contribution in [2.24, 2.45) is 0 Å². The third-order valence-electron chi connectivity index (χ3n) is 4.84. The number of amides is 1. The first-order valence-electron chi connectivity index (χ1n) is 9.41. The van der Waals surface area contributed by atoms with Crippen LogP contribution in [-0.2, 0) is 17.9 Å². The predicted molar refractivity (Wildman–Crippen MR) is 111 cm³/mol. The average molecular weight is 395 g/mol. The van der Waals surface area contributed by atoms with E-state index in [1.54, 1.807) is 25.2 Å². The van der Waals surface area contributed by atoms with E-state index in [1.807, 2.05) is 44.2 Å². The van der Waals surface area contributed by atoms with Crippen molar-refractivity contribution in [3.8, 4) is 11.5 Å². The van der Waals surface area contributed by atoms with Gasteiger partial charge in [0.05, 0.1) is 31.4 Å². The van der Waals surface area contributed by atoms with Crippen LogP contribution in [0.1, 0.15) is 18.1 Å². The van der Waals surface area contributed by atoms with Gasteiger partial charge in [0.25, 0.3) is 5.56 Å². The quantitative estimate of drug-likeness (QED) is 0.615. The molecule has 7 heteroatoms. The number of ether oxygens (including phenoxy) is 2. The van der Waals surface area contributed by atoms with Crippen LogP contribution in [0.4, 0.5) is 0 Å². The van der Waals surface area contributed by atoms with Gasteiger partial charge in [0.2, 0.25) is 5.91 Å². The molecule has 0 atom stereocenters. The molecule has 1 aromatic heterocycles. The third-order valence-corrected chi connectivity index (χ3v) is 4.84. The first kappa shape index (κ1) is 20.4. The van der Waals surface area contributed by atoms with E-state index in [0.29, 0.717) is 35.5 Å². The molecule has 2 aromatic carbocycles. The van der Waals surface area contributed by atoms with Crippen molar-refractivity contribution < 1.29 is 14.3 Å². The summed E-state index contributed by atoms with van der Waals surface area (Å²) in [7, 11) is 3.15. The van der Waals surface area contributed by atoms with Gasteiger partial charge in [0.1, 0.15) is 6.54 Å². The summed E-state index contributed by atoms with van der Waals surface area (Å²) in [5.41, 5.74) is 2.30. The molecule has 1 heterocycles. The van der Waals surface area contributed by atoms with Crippen LogP contribution in [0.5, 0.6) is 11.5 Å². The summed E-state index contributed by atoms with van der Waals surface area (Å²) in [6, 6.07) is 11.1. The van der Waals surface area contributed by atoms with Crippen LogP contribution in [-0.4, -0.2) is 41.1 Å². The van der Waals surface area contributed by atoms with Gasteiger partial charge < -0.3 is 14.4 Å². The van der Waals surface area contributed by atoms with Crippen LogP contribution in [0.2, 0.25) is 0 Å². The Hall–Kier alpha value is -3.35. The highest BCUT2D eigenvalue weighted by Crippen LogP contribution is 2.28. The summed E-state index contributed by atoms with van der Waals surface area (Å²) in [5.74, 6) is 1.09. The molecular weight excluding hydrogens is 370 g/mol. The SMILES string of the molecule is CCN(Cc1ccc(OC)c(OC)c1)C(=O)Cn1cnc2ccc(C)cc2c1=O. The van der Waals surface area contributed by atoms with Crippen molar-refractivity contribution in [3.63, 3.8) is 0 Å². The van der Waals surface area contributed by atoms with E-state index in [4.69, 9.17) is 9.47 Å². The van der Waals surface area contributed by atoms with Gasteiger partial charge in [-0.15, -0.1) is 0 Å². The molecule has 29 heavy (non-hydrogen) atoms. The highest BCUT2D eigenvalue weighted by atomic mass is 16.5. The van der Waals surface area contributed by atoms with Crippen LogP contribution in [0.25, 0.3) is 10.9 Å². The smallest absolute Gasteiger partial charge is 0.261 e. The molecule has 0 unspecified atom stereocenters. The van der Waals surface area contributed by atoms with Gasteiger partial charge in [-0.3, -0.25) is 14.2 Å². The Morgan fingerprint density at radius 3 is 2.55 bits per heavy atom. The molecule has 0 N–H and O–H groups in total. The summed E-state index contributed by atoms with van der Waals surface area (Å²) >= 11 is 0. The second kappa shape index (κ2) is 8.77. The van der Waals surface area contributed by atoms with Gasteiger partial charge in [-0.25, -0.2) is 4.98 Å². The summed E-state index contributed by atoms with van der Waals surface area (Å²) in [6.45, 7) is 4.69. The Morgan fingerprint density at radius 2 is 1.86 bits per heavy atom. The molecule has 0 aliphatic heterocycles. The monoisotopic (exact) mass is 395 g/mol. The lowest BCUT2D eigenvalue weighted by Gasteiger charge is -2.22. The fraction of sp³-hybridized carbons (Fsp3) is 0.318. The number of methoxy groups -OCH3 is 2. The molecule has 0 saturated heterocycles. The number of carbonyl (C=O) groups is 1. The van der Waals surface area contributed by atoms with Crippen LogP contribution >= 0.6 is 0 Å². The van der Waals surface area contributed by atoms with Crippen LogP contribution in [0.15, 0.2) is 47.5 Å². The van der Waals surface area contributed by atoms with Gasteiger partial charge >= 0.3 is 0 Å². The van der Waals surface area contributed by atoms with Crippen LogP contribution < -0.4 is 15.0 Å². The van der Waals surface area contributed by atoms with E-state index in [-0.39, 0.29) is 18.0 Å². The Kier molecular flexibility index (Phi) is 6.16. The van der Waals surface area contributed by atoms with E-state index in [1.165, 1.54) is 10.9 Å². The van der Waals surface area contributed by atoms with Gasteiger partial charge in [-0.05, 0) is 43.7 Å². The normalized spacial score (nSPS) is 10.8. The Bertz CT molecular complexity index is 1090. The number of likely N-dealkylation sites (N-methyl/N-ethyl adjacent to an activating group) is 1. The number of carbonyl (C=O) groups excluding carboxylic acids is 1. The molecule has 0 aliphatic carbocycles. The first-order chi connectivity index (χ1) is 14.0. The molecule has 3 aromatic rings. The number of aryl methyl sites for hydroxylation is 1. The molecule has 0 fully saturated rings. The van der Waals surface area contributed by atoms with E-state index >= 15 is 0 Å². The fourth-order valence-corrected chi connectivity index (χ4v) is 3.21. The van der Waals surface area contributed by atoms with Crippen LogP contribution in [0, 0.1) is 6.92 Å². The Balaban J connectivity index is 1.81. The Labute approximate surface area is 169 Å². The molecule has 152 valence electrons. The summed E-state index contributed by atoms with van der Waals surface area (Å²) in [5, 5.41) is 0.517. The minimum absolute atomic E-state index is 0.0587. The van der Waals surface area contributed by atoms with E-state index in [2.05, 4.69) is 4.98 Å². The lowest BCUT2D eigenvalue weighted by Crippen LogP contribution is -2.36. The largest absolute Gasteiger partial charge is 0.493 e. The summed E-state index contributed by atoms with van der Waals surface area (Å²) < 4.78 is 11.9. The van der Waals surface area contributed by atoms with Crippen molar-refractivity contribution in [3.05, 3.63) is 64.2 Å². The van der Waals surface area contributed by atoms with E-state index < -0.39 is 0 Å². The van der Waals surface area contributed by atoms with Crippen LogP contribution in [0.3, 0.4) is 0 Å². The molecular formula is C22H25N3O4. The lowest BCUT2D eigenvalue weighted by molar-refractivity contribution is -0.132. The maximum absolute atomic E-state index is 12.9. The van der Waals surface area contributed by atoms with E-state index in [9.17, 15) is 9.59 Å². The van der Waals surface area contributed by atoms with Crippen molar-refractivity contribution >= 4 is 16.8 Å². The van der Waals surface area contributed by atoms with Crippen molar-refractivity contribution in [1.29, 1.82) is 0 Å². The van der Waals surface area contributed by atoms with Gasteiger partial charge in [-0.2, -0.15) is 0 Å². The van der Waals surface area contributed by atoms with E-state index in [0.717, 1.165) is 11.1 Å². The molecule has 7 nitrogen and oxygen atoms in total. The number of rotatable bonds is 7. The number of aromatic nitrogens is 2. The number of fused-ring (bicyclic) bond motifs is 1. The first-order valence-corrected chi connectivity index (χ1v) is 9.41. The lowest BCUT2D eigenvalue weighted by atomic mass is 10.1. The predicted octanol–water partition coefficient (Wildman–Crippen LogP) is 2.77. The van der Waals surface area contributed by atoms with Gasteiger partial charge in [-0.1, -0.05) is 17.7 Å². The Morgan fingerprint density at radius 1 is 1.10 bits per heavy atom. The molecule has 0 saturated carbocycles. The highest BCUT2D eigenvalue weighted by Gasteiger charge is 2.16. The standard InChI is InChI=1S/C22H25N3O4/c1-5-24(12-16-7-9-19(28-3)20(11-16)29-4)21(26)13-25-14-23-18-8-6-15(2)10-17(18)22(25)27/h6-11,14H,5,12-13H2,1-4H3. The maximum Gasteiger partial charge on any atom is 0.261 e. The zero-order valence-corrected chi connectivity index (χ0v) is 17.1. The minimum atomic E-state index is -0.214. The number of benzene rings is 2. The van der Waals surface area contributed by atoms with Gasteiger partial charge in [0.15, 0.2) is 11.5 Å². The minimum Gasteiger partial charge on any atom is -0.493 e. The van der Waals surface area contributed by atoms with Gasteiger partial charge in [0, 0.05) is 13.1 Å². The second-order valence-electron chi connectivity index (χ2n) is 6.80. The summed E-state index contributed by atoms with van der Waals surface area (Å²) in [4.78, 5) is 31.6. The second-order valence-corrected chi connectivity index (χ2v) is 6.80. The summed E-state index contributed by atoms with van der Waals surface area (Å²) in [6.07, 6.45) is 1.43. The van der Waals surface area contributed by atoms with Crippen molar-refractivity contribution in [2.75, 3.05) is 20.8 Å². The molecule has 0 bridgehead atoms.